The van der Waals surface area contributed by atoms with Gasteiger partial charge in [-0.2, -0.15) is 16.6 Å². The maximum atomic E-state index is 12.4. The molecule has 1 aliphatic rings. The summed E-state index contributed by atoms with van der Waals surface area (Å²) < 4.78 is 5.81. The number of hydrogen-bond donors (Lipinski definition) is 0. The van der Waals surface area contributed by atoms with Crippen LogP contribution in [0.3, 0.4) is 0 Å². The molecule has 0 unspecified atom stereocenters. The van der Waals surface area contributed by atoms with Crippen LogP contribution in [0.4, 0.5) is 0 Å². The maximum Gasteiger partial charge on any atom is 0.251 e. The summed E-state index contributed by atoms with van der Waals surface area (Å²) in [7, 11) is 0. The molecule has 23 heavy (non-hydrogen) atoms. The molecule has 118 valence electrons. The first kappa shape index (κ1) is 15.4. The average molecular weight is 328 g/mol. The van der Waals surface area contributed by atoms with E-state index in [0.29, 0.717) is 13.0 Å². The van der Waals surface area contributed by atoms with Crippen molar-refractivity contribution in [1.82, 2.24) is 14.9 Å². The molecule has 0 bridgehead atoms. The lowest BCUT2D eigenvalue weighted by molar-refractivity contribution is -0.133. The second-order valence-electron chi connectivity index (χ2n) is 5.35. The summed E-state index contributed by atoms with van der Waals surface area (Å²) in [5.41, 5.74) is 1.22. The zero-order valence-electron chi connectivity index (χ0n) is 12.5. The van der Waals surface area contributed by atoms with Gasteiger partial charge in [-0.25, -0.2) is 9.97 Å². The molecule has 0 aromatic carbocycles. The Morgan fingerprint density at radius 3 is 3.13 bits per heavy atom. The van der Waals surface area contributed by atoms with E-state index < -0.39 is 0 Å². The fourth-order valence-electron chi connectivity index (χ4n) is 2.59. The monoisotopic (exact) mass is 328 g/mol. The second kappa shape index (κ2) is 7.20. The van der Waals surface area contributed by atoms with Crippen LogP contribution in [-0.2, 0) is 11.2 Å². The molecule has 0 N–H and O–H groups in total. The predicted molar refractivity (Wildman–Crippen MR) is 85.0 cm³/mol. The molecule has 1 amide bonds. The molecular formula is C16H16N4O2S. The zero-order chi connectivity index (χ0) is 16.1. The van der Waals surface area contributed by atoms with E-state index in [1.165, 1.54) is 12.4 Å². The largest absolute Gasteiger partial charge is 0.470 e. The fraction of sp³-hybridized carbons (Fsp3) is 0.375. The Morgan fingerprint density at radius 2 is 2.35 bits per heavy atom. The fourth-order valence-corrected chi connectivity index (χ4v) is 3.26. The predicted octanol–water partition coefficient (Wildman–Crippen LogP) is 2.02. The third-order valence-electron chi connectivity index (χ3n) is 3.72. The van der Waals surface area contributed by atoms with Gasteiger partial charge < -0.3 is 9.64 Å². The van der Waals surface area contributed by atoms with E-state index in [4.69, 9.17) is 10.00 Å². The standard InChI is InChI=1S/C16H16N4O2S/c17-9-14-16(19-5-4-18-14)22-13-2-1-6-20(10-13)15(21)8-12-3-7-23-11-12/h3-5,7,11,13H,1-2,6,8,10H2/t13-/m0/s1. The summed E-state index contributed by atoms with van der Waals surface area (Å²) in [6.45, 7) is 1.26. The molecule has 2 aromatic heterocycles. The van der Waals surface area contributed by atoms with Crippen LogP contribution in [0.15, 0.2) is 29.2 Å². The van der Waals surface area contributed by atoms with Gasteiger partial charge in [0, 0.05) is 18.9 Å². The lowest BCUT2D eigenvalue weighted by Gasteiger charge is -2.32. The van der Waals surface area contributed by atoms with Gasteiger partial charge in [-0.05, 0) is 35.2 Å². The second-order valence-corrected chi connectivity index (χ2v) is 6.13. The molecule has 6 nitrogen and oxygen atoms in total. The third-order valence-corrected chi connectivity index (χ3v) is 4.45. The number of rotatable bonds is 4. The van der Waals surface area contributed by atoms with Crippen LogP contribution in [-0.4, -0.2) is 40.0 Å². The van der Waals surface area contributed by atoms with Crippen molar-refractivity contribution in [2.45, 2.75) is 25.4 Å². The van der Waals surface area contributed by atoms with Gasteiger partial charge in [0.1, 0.15) is 12.2 Å². The van der Waals surface area contributed by atoms with E-state index in [2.05, 4.69) is 9.97 Å². The quantitative estimate of drug-likeness (QED) is 0.858. The first-order valence-electron chi connectivity index (χ1n) is 7.43. The first-order chi connectivity index (χ1) is 11.3. The lowest BCUT2D eigenvalue weighted by Crippen LogP contribution is -2.45. The Balaban J connectivity index is 1.62. The Kier molecular flexibility index (Phi) is 4.83. The Labute approximate surface area is 138 Å². The number of aromatic nitrogens is 2. The van der Waals surface area contributed by atoms with E-state index in [1.807, 2.05) is 27.8 Å². The molecular weight excluding hydrogens is 312 g/mol. The summed E-state index contributed by atoms with van der Waals surface area (Å²) in [4.78, 5) is 22.2. The molecule has 0 radical (unpaired) electrons. The minimum absolute atomic E-state index is 0.108. The number of nitriles is 1. The lowest BCUT2D eigenvalue weighted by atomic mass is 10.1. The summed E-state index contributed by atoms with van der Waals surface area (Å²) in [6.07, 6.45) is 4.94. The number of ether oxygens (including phenoxy) is 1. The summed E-state index contributed by atoms with van der Waals surface area (Å²) >= 11 is 1.59. The Bertz CT molecular complexity index is 711. The summed E-state index contributed by atoms with van der Waals surface area (Å²) in [5.74, 6) is 0.350. The highest BCUT2D eigenvalue weighted by Crippen LogP contribution is 2.19. The smallest absolute Gasteiger partial charge is 0.251 e. The van der Waals surface area contributed by atoms with E-state index in [9.17, 15) is 4.79 Å². The highest BCUT2D eigenvalue weighted by molar-refractivity contribution is 7.07. The molecule has 0 saturated carbocycles. The highest BCUT2D eigenvalue weighted by atomic mass is 32.1. The van der Waals surface area contributed by atoms with Crippen molar-refractivity contribution >= 4 is 17.2 Å². The third kappa shape index (κ3) is 3.85. The van der Waals surface area contributed by atoms with Gasteiger partial charge in [-0.1, -0.05) is 0 Å². The zero-order valence-corrected chi connectivity index (χ0v) is 13.3. The van der Waals surface area contributed by atoms with Crippen LogP contribution in [0.1, 0.15) is 24.1 Å². The van der Waals surface area contributed by atoms with Crippen molar-refractivity contribution < 1.29 is 9.53 Å². The van der Waals surface area contributed by atoms with Crippen LogP contribution in [0.2, 0.25) is 0 Å². The van der Waals surface area contributed by atoms with E-state index in [-0.39, 0.29) is 23.6 Å². The molecule has 1 saturated heterocycles. The topological polar surface area (TPSA) is 79.1 Å². The highest BCUT2D eigenvalue weighted by Gasteiger charge is 2.26. The van der Waals surface area contributed by atoms with Crippen LogP contribution < -0.4 is 4.74 Å². The number of carbonyl (C=O) groups excluding carboxylic acids is 1. The van der Waals surface area contributed by atoms with Crippen molar-refractivity contribution in [3.8, 4) is 11.9 Å². The summed E-state index contributed by atoms with van der Waals surface area (Å²) in [5, 5.41) is 13.0. The maximum absolute atomic E-state index is 12.4. The molecule has 1 aliphatic heterocycles. The average Bonchev–Trinajstić information content (AvgIpc) is 3.08. The normalized spacial score (nSPS) is 17.5. The van der Waals surface area contributed by atoms with E-state index in [0.717, 1.165) is 24.9 Å². The van der Waals surface area contributed by atoms with E-state index >= 15 is 0 Å². The van der Waals surface area contributed by atoms with Crippen molar-refractivity contribution in [1.29, 1.82) is 5.26 Å². The molecule has 0 spiro atoms. The number of likely N-dealkylation sites (tertiary alicyclic amines) is 1. The number of piperidine rings is 1. The first-order valence-corrected chi connectivity index (χ1v) is 8.37. The number of thiophene rings is 1. The SMILES string of the molecule is N#Cc1nccnc1O[C@H]1CCCN(C(=O)Cc2ccsc2)C1. The Morgan fingerprint density at radius 1 is 1.48 bits per heavy atom. The Hall–Kier alpha value is -2.46. The van der Waals surface area contributed by atoms with E-state index in [1.54, 1.807) is 11.3 Å². The van der Waals surface area contributed by atoms with Crippen LogP contribution in [0.25, 0.3) is 0 Å². The van der Waals surface area contributed by atoms with Gasteiger partial charge in [0.15, 0.2) is 0 Å². The molecule has 3 rings (SSSR count). The van der Waals surface area contributed by atoms with Crippen molar-refractivity contribution in [3.05, 3.63) is 40.5 Å². The van der Waals surface area contributed by atoms with Gasteiger partial charge in [0.25, 0.3) is 5.88 Å². The van der Waals surface area contributed by atoms with Crippen LogP contribution in [0.5, 0.6) is 5.88 Å². The number of carbonyl (C=O) groups is 1. The minimum Gasteiger partial charge on any atom is -0.470 e. The van der Waals surface area contributed by atoms with Gasteiger partial charge in [0.05, 0.1) is 13.0 Å². The van der Waals surface area contributed by atoms with Crippen molar-refractivity contribution in [3.63, 3.8) is 0 Å². The molecule has 1 fully saturated rings. The van der Waals surface area contributed by atoms with Gasteiger partial charge in [0.2, 0.25) is 11.6 Å². The van der Waals surface area contributed by atoms with Gasteiger partial charge in [-0.3, -0.25) is 4.79 Å². The van der Waals surface area contributed by atoms with Crippen molar-refractivity contribution in [2.75, 3.05) is 13.1 Å². The molecule has 0 aliphatic carbocycles. The molecule has 1 atom stereocenters. The van der Waals surface area contributed by atoms with Crippen LogP contribution in [0, 0.1) is 11.3 Å². The van der Waals surface area contributed by atoms with Gasteiger partial charge >= 0.3 is 0 Å². The van der Waals surface area contributed by atoms with Crippen LogP contribution >= 0.6 is 11.3 Å². The van der Waals surface area contributed by atoms with Gasteiger partial charge in [-0.15, -0.1) is 0 Å². The number of nitrogens with zero attached hydrogens (tertiary/aromatic N) is 4. The molecule has 7 heteroatoms. The molecule has 2 aromatic rings. The summed E-state index contributed by atoms with van der Waals surface area (Å²) in [6, 6.07) is 3.94. The van der Waals surface area contributed by atoms with Crippen molar-refractivity contribution in [2.24, 2.45) is 0 Å². The number of hydrogen-bond acceptors (Lipinski definition) is 6. The molecule has 3 heterocycles. The number of amides is 1. The minimum atomic E-state index is -0.154.